The Hall–Kier alpha value is -3.54. The fourth-order valence-corrected chi connectivity index (χ4v) is 2.81. The van der Waals surface area contributed by atoms with Crippen molar-refractivity contribution in [1.29, 1.82) is 0 Å². The van der Waals surface area contributed by atoms with Gasteiger partial charge in [-0.15, -0.1) is 0 Å². The van der Waals surface area contributed by atoms with Gasteiger partial charge in [0.2, 0.25) is 5.91 Å². The molecule has 3 aromatic rings. The predicted molar refractivity (Wildman–Crippen MR) is 109 cm³/mol. The third-order valence-electron chi connectivity index (χ3n) is 4.36. The van der Waals surface area contributed by atoms with Crippen LogP contribution in [-0.2, 0) is 4.79 Å². The van der Waals surface area contributed by atoms with Crippen molar-refractivity contribution in [2.24, 2.45) is 0 Å². The summed E-state index contributed by atoms with van der Waals surface area (Å²) in [5.74, 6) is -0.116. The maximum Gasteiger partial charge on any atom is 0.255 e. The zero-order valence-electron chi connectivity index (χ0n) is 15.9. The molecule has 0 saturated heterocycles. The number of furan rings is 1. The summed E-state index contributed by atoms with van der Waals surface area (Å²) >= 11 is 0. The Morgan fingerprint density at radius 1 is 0.964 bits per heavy atom. The second-order valence-corrected chi connectivity index (χ2v) is 6.48. The standard InChI is InChI=1S/C22H23N3O3/c1-15(17-6-4-3-5-7-17)24-18-8-10-19(11-9-18)25-21(26)14-23-22(27)20-12-13-28-16(20)2/h3-13,15,24H,14H2,1-2H3,(H,23,27)(H,25,26)/t15-/m1/s1. The van der Waals surface area contributed by atoms with Crippen LogP contribution in [0.25, 0.3) is 0 Å². The van der Waals surface area contributed by atoms with E-state index in [4.69, 9.17) is 4.42 Å². The highest BCUT2D eigenvalue weighted by Crippen LogP contribution is 2.20. The molecule has 6 nitrogen and oxygen atoms in total. The van der Waals surface area contributed by atoms with E-state index in [2.05, 4.69) is 35.0 Å². The van der Waals surface area contributed by atoms with E-state index in [1.54, 1.807) is 13.0 Å². The van der Waals surface area contributed by atoms with E-state index in [1.807, 2.05) is 42.5 Å². The third-order valence-corrected chi connectivity index (χ3v) is 4.36. The number of benzene rings is 2. The monoisotopic (exact) mass is 377 g/mol. The Kier molecular flexibility index (Phi) is 6.11. The molecule has 1 atom stereocenters. The van der Waals surface area contributed by atoms with Gasteiger partial charge in [-0.05, 0) is 49.7 Å². The first kappa shape index (κ1) is 19.2. The lowest BCUT2D eigenvalue weighted by Crippen LogP contribution is -2.32. The summed E-state index contributed by atoms with van der Waals surface area (Å²) in [7, 11) is 0. The minimum atomic E-state index is -0.337. The highest BCUT2D eigenvalue weighted by Gasteiger charge is 2.12. The van der Waals surface area contributed by atoms with Crippen molar-refractivity contribution >= 4 is 23.2 Å². The van der Waals surface area contributed by atoms with Crippen LogP contribution in [0.3, 0.4) is 0 Å². The fraction of sp³-hybridized carbons (Fsp3) is 0.182. The molecule has 0 spiro atoms. The van der Waals surface area contributed by atoms with Crippen LogP contribution >= 0.6 is 0 Å². The van der Waals surface area contributed by atoms with Crippen molar-refractivity contribution < 1.29 is 14.0 Å². The number of amides is 2. The van der Waals surface area contributed by atoms with Gasteiger partial charge < -0.3 is 20.4 Å². The quantitative estimate of drug-likeness (QED) is 0.578. The Morgan fingerprint density at radius 2 is 1.64 bits per heavy atom. The Balaban J connectivity index is 1.49. The molecule has 144 valence electrons. The van der Waals surface area contributed by atoms with Gasteiger partial charge in [0, 0.05) is 17.4 Å². The second kappa shape index (κ2) is 8.90. The molecule has 0 saturated carbocycles. The van der Waals surface area contributed by atoms with Gasteiger partial charge in [-0.25, -0.2) is 0 Å². The molecule has 0 radical (unpaired) electrons. The Morgan fingerprint density at radius 3 is 2.29 bits per heavy atom. The van der Waals surface area contributed by atoms with E-state index in [0.717, 1.165) is 5.69 Å². The molecule has 2 amide bonds. The van der Waals surface area contributed by atoms with Crippen LogP contribution in [0.4, 0.5) is 11.4 Å². The average Bonchev–Trinajstić information content (AvgIpc) is 3.14. The minimum absolute atomic E-state index is 0.117. The van der Waals surface area contributed by atoms with Crippen LogP contribution in [0.1, 0.15) is 34.6 Å². The number of nitrogens with one attached hydrogen (secondary N) is 3. The van der Waals surface area contributed by atoms with Gasteiger partial charge in [0.1, 0.15) is 5.76 Å². The molecule has 1 aromatic heterocycles. The first-order valence-corrected chi connectivity index (χ1v) is 9.06. The van der Waals surface area contributed by atoms with Crippen molar-refractivity contribution in [3.63, 3.8) is 0 Å². The minimum Gasteiger partial charge on any atom is -0.469 e. The number of carbonyl (C=O) groups is 2. The van der Waals surface area contributed by atoms with Crippen LogP contribution in [0, 0.1) is 6.92 Å². The summed E-state index contributed by atoms with van der Waals surface area (Å²) in [4.78, 5) is 24.0. The molecule has 2 aromatic carbocycles. The molecule has 0 aliphatic rings. The second-order valence-electron chi connectivity index (χ2n) is 6.48. The zero-order valence-corrected chi connectivity index (χ0v) is 15.9. The smallest absolute Gasteiger partial charge is 0.255 e. The summed E-state index contributed by atoms with van der Waals surface area (Å²) in [6, 6.07) is 19.4. The fourth-order valence-electron chi connectivity index (χ4n) is 2.81. The maximum absolute atomic E-state index is 12.1. The van der Waals surface area contributed by atoms with E-state index in [9.17, 15) is 9.59 Å². The molecule has 3 N–H and O–H groups in total. The number of carbonyl (C=O) groups excluding carboxylic acids is 2. The van der Waals surface area contributed by atoms with Gasteiger partial charge in [-0.1, -0.05) is 30.3 Å². The largest absolute Gasteiger partial charge is 0.469 e. The van der Waals surface area contributed by atoms with Crippen LogP contribution < -0.4 is 16.0 Å². The summed E-state index contributed by atoms with van der Waals surface area (Å²) < 4.78 is 5.09. The number of anilines is 2. The van der Waals surface area contributed by atoms with Crippen molar-refractivity contribution in [2.75, 3.05) is 17.2 Å². The first-order chi connectivity index (χ1) is 13.5. The highest BCUT2D eigenvalue weighted by atomic mass is 16.3. The van der Waals surface area contributed by atoms with Gasteiger partial charge >= 0.3 is 0 Å². The Labute approximate surface area is 164 Å². The van der Waals surface area contributed by atoms with E-state index in [1.165, 1.54) is 11.8 Å². The SMILES string of the molecule is Cc1occc1C(=O)NCC(=O)Nc1ccc(N[C@H](C)c2ccccc2)cc1. The highest BCUT2D eigenvalue weighted by molar-refractivity contribution is 5.99. The molecule has 6 heteroatoms. The van der Waals surface area contributed by atoms with Crippen LogP contribution in [0.2, 0.25) is 0 Å². The lowest BCUT2D eigenvalue weighted by atomic mass is 10.1. The van der Waals surface area contributed by atoms with Crippen molar-refractivity contribution in [3.05, 3.63) is 83.8 Å². The first-order valence-electron chi connectivity index (χ1n) is 9.06. The molecule has 28 heavy (non-hydrogen) atoms. The van der Waals surface area contributed by atoms with Gasteiger partial charge in [-0.3, -0.25) is 9.59 Å². The van der Waals surface area contributed by atoms with Gasteiger partial charge in [0.25, 0.3) is 5.91 Å². The molecule has 0 bridgehead atoms. The van der Waals surface area contributed by atoms with Gasteiger partial charge in [-0.2, -0.15) is 0 Å². The molecule has 0 fully saturated rings. The summed E-state index contributed by atoms with van der Waals surface area (Å²) in [6.07, 6.45) is 1.44. The van der Waals surface area contributed by atoms with E-state index in [-0.39, 0.29) is 24.4 Å². The van der Waals surface area contributed by atoms with Gasteiger partial charge in [0.15, 0.2) is 0 Å². The Bertz CT molecular complexity index is 933. The maximum atomic E-state index is 12.1. The van der Waals surface area contributed by atoms with E-state index >= 15 is 0 Å². The number of hydrogen-bond acceptors (Lipinski definition) is 4. The summed E-state index contributed by atoms with van der Waals surface area (Å²) in [5, 5.41) is 8.76. The molecule has 1 heterocycles. The number of aryl methyl sites for hydroxylation is 1. The normalized spacial score (nSPS) is 11.5. The topological polar surface area (TPSA) is 83.4 Å². The van der Waals surface area contributed by atoms with Gasteiger partial charge in [0.05, 0.1) is 18.4 Å². The summed E-state index contributed by atoms with van der Waals surface area (Å²) in [6.45, 7) is 3.67. The molecule has 3 rings (SSSR count). The lowest BCUT2D eigenvalue weighted by molar-refractivity contribution is -0.115. The number of rotatable bonds is 7. The molecular formula is C22H23N3O3. The summed E-state index contributed by atoms with van der Waals surface area (Å²) in [5.41, 5.74) is 3.24. The molecule has 0 aliphatic heterocycles. The average molecular weight is 377 g/mol. The molecular weight excluding hydrogens is 354 g/mol. The third kappa shape index (κ3) is 5.01. The van der Waals surface area contributed by atoms with Crippen LogP contribution in [-0.4, -0.2) is 18.4 Å². The van der Waals surface area contributed by atoms with Crippen molar-refractivity contribution in [2.45, 2.75) is 19.9 Å². The molecule has 0 unspecified atom stereocenters. The van der Waals surface area contributed by atoms with Crippen molar-refractivity contribution in [1.82, 2.24) is 5.32 Å². The predicted octanol–water partition coefficient (Wildman–Crippen LogP) is 4.13. The van der Waals surface area contributed by atoms with E-state index in [0.29, 0.717) is 17.0 Å². The van der Waals surface area contributed by atoms with Crippen LogP contribution in [0.5, 0.6) is 0 Å². The zero-order chi connectivity index (χ0) is 19.9. The lowest BCUT2D eigenvalue weighted by Gasteiger charge is -2.16. The number of hydrogen-bond donors (Lipinski definition) is 3. The van der Waals surface area contributed by atoms with E-state index < -0.39 is 0 Å². The van der Waals surface area contributed by atoms with Crippen LogP contribution in [0.15, 0.2) is 71.3 Å². The molecule has 0 aliphatic carbocycles. The van der Waals surface area contributed by atoms with Crippen molar-refractivity contribution in [3.8, 4) is 0 Å².